The van der Waals surface area contributed by atoms with Crippen LogP contribution < -0.4 is 0 Å². The Bertz CT molecular complexity index is 427. The normalized spacial score (nSPS) is 23.5. The van der Waals surface area contributed by atoms with E-state index in [9.17, 15) is 9.50 Å². The van der Waals surface area contributed by atoms with Crippen molar-refractivity contribution >= 4 is 0 Å². The Morgan fingerprint density at radius 1 is 1.35 bits per heavy atom. The van der Waals surface area contributed by atoms with Crippen molar-refractivity contribution in [3.05, 3.63) is 35.6 Å². The third-order valence-electron chi connectivity index (χ3n) is 4.14. The van der Waals surface area contributed by atoms with Gasteiger partial charge in [0.15, 0.2) is 0 Å². The molecule has 0 saturated carbocycles. The summed E-state index contributed by atoms with van der Waals surface area (Å²) in [6, 6.07) is 6.97. The van der Waals surface area contributed by atoms with Gasteiger partial charge in [0.2, 0.25) is 0 Å². The van der Waals surface area contributed by atoms with Crippen LogP contribution in [-0.2, 0) is 0 Å². The van der Waals surface area contributed by atoms with Crippen molar-refractivity contribution in [1.82, 2.24) is 9.80 Å². The van der Waals surface area contributed by atoms with E-state index >= 15 is 0 Å². The summed E-state index contributed by atoms with van der Waals surface area (Å²) in [7, 11) is 2.15. The average molecular weight is 280 g/mol. The Hall–Kier alpha value is -0.970. The lowest BCUT2D eigenvalue weighted by molar-refractivity contribution is 0.124. The lowest BCUT2D eigenvalue weighted by atomic mass is 10.1. The van der Waals surface area contributed by atoms with Gasteiger partial charge in [-0.1, -0.05) is 18.2 Å². The fourth-order valence-electron chi connectivity index (χ4n) is 2.94. The van der Waals surface area contributed by atoms with Crippen LogP contribution in [0.25, 0.3) is 0 Å². The van der Waals surface area contributed by atoms with Gasteiger partial charge >= 0.3 is 0 Å². The van der Waals surface area contributed by atoms with Crippen LogP contribution in [0.5, 0.6) is 0 Å². The van der Waals surface area contributed by atoms with Gasteiger partial charge in [0, 0.05) is 24.7 Å². The fourth-order valence-corrected chi connectivity index (χ4v) is 2.94. The van der Waals surface area contributed by atoms with Crippen LogP contribution in [0.2, 0.25) is 0 Å². The Kier molecular flexibility index (Phi) is 5.52. The van der Waals surface area contributed by atoms with E-state index in [1.54, 1.807) is 18.2 Å². The standard InChI is InChI=1S/C16H25FN2O/c1-13-12-18(2)9-5-10-19(13)11-8-16(20)14-6-3-4-7-15(14)17/h3-4,6-7,13,16,20H,5,8-12H2,1-2H3. The van der Waals surface area contributed by atoms with Gasteiger partial charge in [-0.15, -0.1) is 0 Å². The molecule has 0 bridgehead atoms. The van der Waals surface area contributed by atoms with Gasteiger partial charge in [-0.3, -0.25) is 4.90 Å². The molecule has 0 aromatic heterocycles. The largest absolute Gasteiger partial charge is 0.388 e. The summed E-state index contributed by atoms with van der Waals surface area (Å²) >= 11 is 0. The van der Waals surface area contributed by atoms with E-state index in [2.05, 4.69) is 23.8 Å². The van der Waals surface area contributed by atoms with Crippen LogP contribution in [0.4, 0.5) is 4.39 Å². The maximum absolute atomic E-state index is 13.6. The highest BCUT2D eigenvalue weighted by molar-refractivity contribution is 5.19. The molecule has 0 aliphatic carbocycles. The van der Waals surface area contributed by atoms with E-state index in [-0.39, 0.29) is 5.82 Å². The summed E-state index contributed by atoms with van der Waals surface area (Å²) in [5.74, 6) is -0.316. The quantitative estimate of drug-likeness (QED) is 0.916. The lowest BCUT2D eigenvalue weighted by Crippen LogP contribution is -2.38. The molecule has 3 nitrogen and oxygen atoms in total. The van der Waals surface area contributed by atoms with Gasteiger partial charge in [0.25, 0.3) is 0 Å². The molecule has 0 radical (unpaired) electrons. The van der Waals surface area contributed by atoms with Gasteiger partial charge in [0.05, 0.1) is 6.10 Å². The number of aliphatic hydroxyl groups is 1. The molecular weight excluding hydrogens is 255 g/mol. The minimum Gasteiger partial charge on any atom is -0.388 e. The summed E-state index contributed by atoms with van der Waals surface area (Å²) in [6.45, 7) is 6.25. The molecule has 1 aliphatic heterocycles. The van der Waals surface area contributed by atoms with E-state index in [0.29, 0.717) is 18.0 Å². The van der Waals surface area contributed by atoms with Crippen molar-refractivity contribution in [2.75, 3.05) is 33.2 Å². The second kappa shape index (κ2) is 7.16. The summed E-state index contributed by atoms with van der Waals surface area (Å²) in [4.78, 5) is 4.74. The van der Waals surface area contributed by atoms with Gasteiger partial charge in [-0.05, 0) is 46.0 Å². The number of nitrogens with zero attached hydrogens (tertiary/aromatic N) is 2. The minimum absolute atomic E-state index is 0.316. The van der Waals surface area contributed by atoms with E-state index in [1.165, 1.54) is 6.07 Å². The van der Waals surface area contributed by atoms with E-state index in [0.717, 1.165) is 32.6 Å². The maximum Gasteiger partial charge on any atom is 0.128 e. The Balaban J connectivity index is 1.89. The second-order valence-corrected chi connectivity index (χ2v) is 5.83. The highest BCUT2D eigenvalue weighted by Gasteiger charge is 2.21. The first-order chi connectivity index (χ1) is 9.58. The molecule has 1 aliphatic rings. The van der Waals surface area contributed by atoms with Crippen LogP contribution in [-0.4, -0.2) is 54.2 Å². The average Bonchev–Trinajstić information content (AvgIpc) is 2.57. The van der Waals surface area contributed by atoms with Crippen LogP contribution in [0.15, 0.2) is 24.3 Å². The lowest BCUT2D eigenvalue weighted by Gasteiger charge is -2.28. The van der Waals surface area contributed by atoms with Crippen molar-refractivity contribution in [3.63, 3.8) is 0 Å². The predicted octanol–water partition coefficient (Wildman–Crippen LogP) is 2.28. The third kappa shape index (κ3) is 4.01. The molecule has 2 rings (SSSR count). The molecule has 112 valence electrons. The van der Waals surface area contributed by atoms with Gasteiger partial charge in [-0.2, -0.15) is 0 Å². The summed E-state index contributed by atoms with van der Waals surface area (Å²) in [5.41, 5.74) is 0.409. The zero-order valence-electron chi connectivity index (χ0n) is 12.4. The number of hydrogen-bond donors (Lipinski definition) is 1. The first-order valence-electron chi connectivity index (χ1n) is 7.43. The molecule has 2 atom stereocenters. The summed E-state index contributed by atoms with van der Waals surface area (Å²) in [5, 5.41) is 10.2. The summed E-state index contributed by atoms with van der Waals surface area (Å²) < 4.78 is 13.6. The number of likely N-dealkylation sites (N-methyl/N-ethyl adjacent to an activating group) is 1. The van der Waals surface area contributed by atoms with Crippen LogP contribution in [0.1, 0.15) is 31.4 Å². The van der Waals surface area contributed by atoms with E-state index < -0.39 is 6.10 Å². The Morgan fingerprint density at radius 2 is 2.10 bits per heavy atom. The summed E-state index contributed by atoms with van der Waals surface area (Å²) in [6.07, 6.45) is 1.01. The van der Waals surface area contributed by atoms with Gasteiger partial charge < -0.3 is 10.0 Å². The van der Waals surface area contributed by atoms with Crippen LogP contribution >= 0.6 is 0 Å². The molecular formula is C16H25FN2O. The van der Waals surface area contributed by atoms with Crippen LogP contribution in [0, 0.1) is 5.82 Å². The molecule has 2 unspecified atom stereocenters. The number of hydrogen-bond acceptors (Lipinski definition) is 3. The van der Waals surface area contributed by atoms with Crippen molar-refractivity contribution in [2.24, 2.45) is 0 Å². The van der Waals surface area contributed by atoms with Crippen molar-refractivity contribution < 1.29 is 9.50 Å². The zero-order valence-corrected chi connectivity index (χ0v) is 12.4. The van der Waals surface area contributed by atoms with E-state index in [1.807, 2.05) is 0 Å². The molecule has 20 heavy (non-hydrogen) atoms. The molecule has 1 heterocycles. The highest BCUT2D eigenvalue weighted by atomic mass is 19.1. The first kappa shape index (κ1) is 15.4. The zero-order chi connectivity index (χ0) is 14.5. The topological polar surface area (TPSA) is 26.7 Å². The second-order valence-electron chi connectivity index (χ2n) is 5.83. The smallest absolute Gasteiger partial charge is 0.128 e. The molecule has 1 aromatic carbocycles. The van der Waals surface area contributed by atoms with Crippen molar-refractivity contribution in [1.29, 1.82) is 0 Å². The molecule has 1 aromatic rings. The van der Waals surface area contributed by atoms with Crippen molar-refractivity contribution in [3.8, 4) is 0 Å². The fraction of sp³-hybridized carbons (Fsp3) is 0.625. The molecule has 0 spiro atoms. The molecule has 1 N–H and O–H groups in total. The van der Waals surface area contributed by atoms with Gasteiger partial charge in [-0.25, -0.2) is 4.39 Å². The monoisotopic (exact) mass is 280 g/mol. The Morgan fingerprint density at radius 3 is 2.85 bits per heavy atom. The first-order valence-corrected chi connectivity index (χ1v) is 7.43. The van der Waals surface area contributed by atoms with Crippen molar-refractivity contribution in [2.45, 2.75) is 31.9 Å². The van der Waals surface area contributed by atoms with Gasteiger partial charge in [0.1, 0.15) is 5.82 Å². The molecule has 1 fully saturated rings. The number of benzene rings is 1. The number of rotatable bonds is 4. The highest BCUT2D eigenvalue weighted by Crippen LogP contribution is 2.21. The maximum atomic E-state index is 13.6. The third-order valence-corrected chi connectivity index (χ3v) is 4.14. The predicted molar refractivity (Wildman–Crippen MR) is 79.1 cm³/mol. The molecule has 1 saturated heterocycles. The SMILES string of the molecule is CC1CN(C)CCCN1CCC(O)c1ccccc1F. The molecule has 0 amide bonds. The Labute approximate surface area is 121 Å². The van der Waals surface area contributed by atoms with Crippen LogP contribution in [0.3, 0.4) is 0 Å². The molecule has 4 heteroatoms. The van der Waals surface area contributed by atoms with E-state index in [4.69, 9.17) is 0 Å². The minimum atomic E-state index is -0.718. The number of aliphatic hydroxyl groups excluding tert-OH is 1. The number of halogens is 1.